The van der Waals surface area contributed by atoms with E-state index in [4.69, 9.17) is 9.84 Å². The Labute approximate surface area is 276 Å². The second-order valence-electron chi connectivity index (χ2n) is 10.1. The van der Waals surface area contributed by atoms with Crippen molar-refractivity contribution >= 4 is 70.0 Å². The lowest BCUT2D eigenvalue weighted by molar-refractivity contribution is -0.136. The molecule has 0 aliphatic carbocycles. The van der Waals surface area contributed by atoms with Crippen LogP contribution in [-0.4, -0.2) is 36.0 Å². The van der Waals surface area contributed by atoms with Gasteiger partial charge in [-0.05, 0) is 92.2 Å². The molecule has 0 saturated heterocycles. The van der Waals surface area contributed by atoms with E-state index in [1.165, 1.54) is 12.1 Å². The Bertz CT molecular complexity index is 1510. The lowest BCUT2D eigenvalue weighted by Crippen LogP contribution is -2.29. The molecule has 4 rings (SSSR count). The van der Waals surface area contributed by atoms with Gasteiger partial charge < -0.3 is 9.84 Å². The summed E-state index contributed by atoms with van der Waals surface area (Å²) < 4.78 is 4.04. The fourth-order valence-corrected chi connectivity index (χ4v) is 3.11. The molecule has 0 heterocycles. The first-order valence-corrected chi connectivity index (χ1v) is 15.4. The summed E-state index contributed by atoms with van der Waals surface area (Å²) in [5.41, 5.74) is 2.42. The molecular weight excluding hydrogens is 744 g/mol. The van der Waals surface area contributed by atoms with Gasteiger partial charge in [0.25, 0.3) is 0 Å². The molecule has 0 aromatic heterocycles. The predicted octanol–water partition coefficient (Wildman–Crippen LogP) is 8.70. The zero-order valence-corrected chi connectivity index (χ0v) is 28.8. The maximum Gasteiger partial charge on any atom is 0.327 e. The normalized spacial score (nSPS) is 10.7. The second-order valence-corrected chi connectivity index (χ2v) is 14.8. The molecule has 0 radical (unpaired) electrons. The molecule has 9 heteroatoms. The average molecular weight is 775 g/mol. The Morgan fingerprint density at radius 2 is 0.884 bits per heavy atom. The Morgan fingerprint density at radius 3 is 1.21 bits per heavy atom. The van der Waals surface area contributed by atoms with Crippen molar-refractivity contribution in [3.63, 3.8) is 0 Å². The van der Waals surface area contributed by atoms with Crippen molar-refractivity contribution in [2.24, 2.45) is 0 Å². The van der Waals surface area contributed by atoms with Gasteiger partial charge in [-0.25, -0.2) is 0 Å². The van der Waals surface area contributed by atoms with Crippen molar-refractivity contribution in [1.29, 1.82) is 0 Å². The van der Waals surface area contributed by atoms with Crippen LogP contribution in [0, 0.1) is 0 Å². The summed E-state index contributed by atoms with van der Waals surface area (Å²) >= 11 is 9.20. The molecule has 4 aromatic carbocycles. The molecule has 0 bridgehead atoms. The van der Waals surface area contributed by atoms with Crippen LogP contribution in [0.3, 0.4) is 0 Å². The smallest absolute Gasteiger partial charge is 0.327 e. The van der Waals surface area contributed by atoms with Crippen molar-refractivity contribution in [1.82, 2.24) is 0 Å². The van der Waals surface area contributed by atoms with Gasteiger partial charge in [0.2, 0.25) is 4.69 Å². The Morgan fingerprint density at radius 1 is 0.558 bits per heavy atom. The number of alkyl halides is 2. The molecule has 0 amide bonds. The molecule has 0 fully saturated rings. The number of ether oxygens (including phenoxy) is 1. The van der Waals surface area contributed by atoms with E-state index in [0.717, 1.165) is 0 Å². The third-order valence-electron chi connectivity index (χ3n) is 5.48. The molecule has 0 spiro atoms. The molecule has 0 aliphatic rings. The fraction of sp³-hybridized carbons (Fsp3) is 0.176. The number of esters is 1. The van der Waals surface area contributed by atoms with Gasteiger partial charge in [0.05, 0.1) is 4.32 Å². The van der Waals surface area contributed by atoms with E-state index in [1.807, 2.05) is 36.4 Å². The van der Waals surface area contributed by atoms with E-state index < -0.39 is 8.65 Å². The monoisotopic (exact) mass is 772 g/mol. The summed E-state index contributed by atoms with van der Waals surface area (Å²) in [6.07, 6.45) is 0. The molecule has 6 nitrogen and oxygen atoms in total. The quantitative estimate of drug-likeness (QED) is 0.0664. The van der Waals surface area contributed by atoms with Crippen molar-refractivity contribution in [3.05, 3.63) is 131 Å². The molecule has 0 saturated carbocycles. The lowest BCUT2D eigenvalue weighted by Gasteiger charge is -2.14. The minimum atomic E-state index is -0.745. The predicted molar refractivity (Wildman–Crippen MR) is 180 cm³/mol. The molecule has 0 atom stereocenters. The van der Waals surface area contributed by atoms with Crippen LogP contribution in [0.5, 0.6) is 11.5 Å². The molecule has 0 unspecified atom stereocenters. The number of phenolic OH excluding ortho intramolecular Hbond substituents is 1. The van der Waals surface area contributed by atoms with Crippen molar-refractivity contribution < 1.29 is 29.0 Å². The molecule has 43 heavy (non-hydrogen) atoms. The number of rotatable bonds is 7. The van der Waals surface area contributed by atoms with Crippen molar-refractivity contribution in [2.45, 2.75) is 36.3 Å². The van der Waals surface area contributed by atoms with E-state index in [0.29, 0.717) is 28.0 Å². The minimum Gasteiger partial charge on any atom is -0.508 e. The molecular formula is C34H31Br3O6. The summed E-state index contributed by atoms with van der Waals surface area (Å²) in [5, 5.41) is 9.10. The van der Waals surface area contributed by atoms with Gasteiger partial charge in [-0.3, -0.25) is 19.2 Å². The van der Waals surface area contributed by atoms with Gasteiger partial charge in [-0.15, -0.1) is 0 Å². The van der Waals surface area contributed by atoms with Gasteiger partial charge in [-0.2, -0.15) is 0 Å². The number of ketones is 2. The fourth-order valence-electron chi connectivity index (χ4n) is 3.03. The van der Waals surface area contributed by atoms with E-state index in [2.05, 4.69) is 47.8 Å². The first kappa shape index (κ1) is 35.8. The minimum absolute atomic E-state index is 0.0278. The number of hydrogen-bond donors (Lipinski definition) is 1. The third kappa shape index (κ3) is 12.4. The topological polar surface area (TPSA) is 97.7 Å². The number of phenols is 1. The van der Waals surface area contributed by atoms with Gasteiger partial charge in [-0.1, -0.05) is 92.5 Å². The Kier molecular flexibility index (Phi) is 13.7. The first-order chi connectivity index (χ1) is 20.1. The van der Waals surface area contributed by atoms with Gasteiger partial charge >= 0.3 is 5.97 Å². The van der Waals surface area contributed by atoms with Crippen LogP contribution in [0.2, 0.25) is 0 Å². The molecule has 0 aliphatic heterocycles. The largest absolute Gasteiger partial charge is 0.508 e. The summed E-state index contributed by atoms with van der Waals surface area (Å²) in [6, 6.07) is 30.9. The zero-order valence-electron chi connectivity index (χ0n) is 24.0. The van der Waals surface area contributed by atoms with E-state index in [9.17, 15) is 19.2 Å². The zero-order chi connectivity index (χ0) is 32.2. The summed E-state index contributed by atoms with van der Waals surface area (Å²) in [4.78, 5) is 46.2. The highest BCUT2D eigenvalue weighted by Gasteiger charge is 2.26. The molecule has 1 N–H and O–H groups in total. The van der Waals surface area contributed by atoms with Crippen LogP contribution >= 0.6 is 47.8 Å². The highest BCUT2D eigenvalue weighted by atomic mass is 79.9. The third-order valence-corrected chi connectivity index (χ3v) is 7.69. The van der Waals surface area contributed by atoms with Gasteiger partial charge in [0, 0.05) is 22.3 Å². The Balaban J connectivity index is 0.000000255. The SMILES string of the molecule is CC(C)(Br)C(=O)Br.CC(C)(Br)C(=O)Oc1ccc(C(=O)c2ccccc2)cc1.O=C(c1ccccc1)c1ccc(O)cc1. The molecule has 224 valence electrons. The second kappa shape index (κ2) is 16.4. The average Bonchev–Trinajstić information content (AvgIpc) is 2.98. The number of hydrogen-bond acceptors (Lipinski definition) is 6. The maximum atomic E-state index is 12.2. The van der Waals surface area contributed by atoms with Crippen LogP contribution in [0.25, 0.3) is 0 Å². The van der Waals surface area contributed by atoms with Crippen molar-refractivity contribution in [3.8, 4) is 11.5 Å². The van der Waals surface area contributed by atoms with E-state index >= 15 is 0 Å². The van der Waals surface area contributed by atoms with E-state index in [1.54, 1.807) is 88.4 Å². The first-order valence-electron chi connectivity index (χ1n) is 13.0. The van der Waals surface area contributed by atoms with Crippen molar-refractivity contribution in [2.75, 3.05) is 0 Å². The number of carbonyl (C=O) groups excluding carboxylic acids is 4. The highest BCUT2D eigenvalue weighted by Crippen LogP contribution is 2.22. The van der Waals surface area contributed by atoms with Gasteiger partial charge in [0.1, 0.15) is 15.8 Å². The number of aromatic hydroxyl groups is 1. The van der Waals surface area contributed by atoms with Crippen LogP contribution in [0.15, 0.2) is 109 Å². The highest BCUT2D eigenvalue weighted by molar-refractivity contribution is 9.20. The van der Waals surface area contributed by atoms with Crippen LogP contribution in [0.1, 0.15) is 59.5 Å². The van der Waals surface area contributed by atoms with E-state index in [-0.39, 0.29) is 28.0 Å². The Hall–Kier alpha value is -3.40. The number of halogens is 3. The summed E-state index contributed by atoms with van der Waals surface area (Å²) in [6.45, 7) is 6.99. The lowest BCUT2D eigenvalue weighted by atomic mass is 10.0. The van der Waals surface area contributed by atoms with Gasteiger partial charge in [0.15, 0.2) is 11.6 Å². The number of benzene rings is 4. The molecule has 4 aromatic rings. The number of carbonyl (C=O) groups is 4. The summed E-state index contributed by atoms with van der Waals surface area (Å²) in [7, 11) is 0. The summed E-state index contributed by atoms with van der Waals surface area (Å²) in [5.74, 6) is 0.103. The maximum absolute atomic E-state index is 12.2. The van der Waals surface area contributed by atoms with Crippen LogP contribution < -0.4 is 4.74 Å². The standard InChI is InChI=1S/C17H15BrO3.C13H10O2.C4H6Br2O/c1-17(2,18)16(20)21-14-10-8-13(9-11-14)15(19)12-6-4-3-5-7-12;14-12-8-6-11(7-9-12)13(15)10-4-2-1-3-5-10;1-4(2,6)3(5)7/h3-11H,1-2H3;1-9,14H;1-2H3. The van der Waals surface area contributed by atoms with Crippen LogP contribution in [-0.2, 0) is 9.59 Å². The van der Waals surface area contributed by atoms with Crippen LogP contribution in [0.4, 0.5) is 0 Å².